The van der Waals surface area contributed by atoms with Gasteiger partial charge in [-0.2, -0.15) is 13.2 Å². The molecule has 2 aromatic rings. The van der Waals surface area contributed by atoms with Crippen LogP contribution in [0.4, 0.5) is 13.2 Å². The van der Waals surface area contributed by atoms with E-state index in [0.717, 1.165) is 12.1 Å². The van der Waals surface area contributed by atoms with Gasteiger partial charge in [-0.05, 0) is 30.3 Å². The maximum atomic E-state index is 12.8. The molecule has 1 N–H and O–H groups in total. The first-order valence-corrected chi connectivity index (χ1v) is 5.24. The highest BCUT2D eigenvalue weighted by Crippen LogP contribution is 2.34. The number of hydrogen-bond donors (Lipinski definition) is 1. The van der Waals surface area contributed by atoms with Crippen LogP contribution in [0.3, 0.4) is 0 Å². The fraction of sp³-hybridized carbons (Fsp3) is 0.0769. The normalized spacial score (nSPS) is 11.3. The lowest BCUT2D eigenvalue weighted by atomic mass is 9.98. The first-order chi connectivity index (χ1) is 8.89. The third kappa shape index (κ3) is 2.73. The molecule has 6 heteroatoms. The number of pyridine rings is 1. The Bertz CT molecular complexity index is 609. The molecule has 0 spiro atoms. The van der Waals surface area contributed by atoms with Crippen molar-refractivity contribution in [2.24, 2.45) is 0 Å². The number of nitrogens with zero attached hydrogens (tertiary/aromatic N) is 1. The van der Waals surface area contributed by atoms with Gasteiger partial charge >= 0.3 is 6.18 Å². The van der Waals surface area contributed by atoms with Crippen LogP contribution < -0.4 is 0 Å². The third-order valence-corrected chi connectivity index (χ3v) is 2.48. The fourth-order valence-corrected chi connectivity index (χ4v) is 1.62. The van der Waals surface area contributed by atoms with Crippen LogP contribution in [-0.2, 0) is 6.18 Å². The van der Waals surface area contributed by atoms with E-state index in [4.69, 9.17) is 0 Å². The number of phenols is 1. The van der Waals surface area contributed by atoms with Gasteiger partial charge < -0.3 is 5.11 Å². The molecule has 0 unspecified atom stereocenters. The molecule has 0 bridgehead atoms. The largest absolute Gasteiger partial charge is 0.508 e. The maximum Gasteiger partial charge on any atom is 0.417 e. The number of benzene rings is 1. The number of rotatable bonds is 2. The van der Waals surface area contributed by atoms with Crippen LogP contribution in [0.1, 0.15) is 21.5 Å². The Morgan fingerprint density at radius 1 is 1.21 bits per heavy atom. The van der Waals surface area contributed by atoms with Crippen LogP contribution in [-0.4, -0.2) is 15.9 Å². The molecule has 0 atom stereocenters. The van der Waals surface area contributed by atoms with Crippen LogP contribution >= 0.6 is 0 Å². The van der Waals surface area contributed by atoms with Crippen molar-refractivity contribution in [2.45, 2.75) is 6.18 Å². The summed E-state index contributed by atoms with van der Waals surface area (Å²) in [5.41, 5.74) is -1.65. The molecule has 0 aliphatic carbocycles. The minimum atomic E-state index is -4.67. The van der Waals surface area contributed by atoms with Gasteiger partial charge in [-0.15, -0.1) is 0 Å². The second-order valence-corrected chi connectivity index (χ2v) is 3.80. The lowest BCUT2D eigenvalue weighted by Crippen LogP contribution is -2.13. The van der Waals surface area contributed by atoms with Gasteiger partial charge in [-0.3, -0.25) is 9.78 Å². The Hall–Kier alpha value is -2.37. The molecule has 19 heavy (non-hydrogen) atoms. The molecule has 0 radical (unpaired) electrons. The zero-order valence-corrected chi connectivity index (χ0v) is 9.48. The van der Waals surface area contributed by atoms with Crippen molar-refractivity contribution in [1.29, 1.82) is 0 Å². The number of ketones is 1. The number of phenolic OH excluding ortho intramolecular Hbond substituents is 1. The average Bonchev–Trinajstić information content (AvgIpc) is 2.37. The summed E-state index contributed by atoms with van der Waals surface area (Å²) in [7, 11) is 0. The van der Waals surface area contributed by atoms with E-state index in [-0.39, 0.29) is 5.56 Å². The van der Waals surface area contributed by atoms with Crippen LogP contribution in [0.15, 0.2) is 42.7 Å². The van der Waals surface area contributed by atoms with E-state index < -0.39 is 28.8 Å². The smallest absolute Gasteiger partial charge is 0.417 e. The minimum Gasteiger partial charge on any atom is -0.508 e. The Kier molecular flexibility index (Phi) is 3.25. The number of carbonyl (C=O) groups is 1. The highest BCUT2D eigenvalue weighted by Gasteiger charge is 2.35. The molecule has 0 fully saturated rings. The summed E-state index contributed by atoms with van der Waals surface area (Å²) >= 11 is 0. The first kappa shape index (κ1) is 13.1. The highest BCUT2D eigenvalue weighted by molar-refractivity contribution is 6.10. The lowest BCUT2D eigenvalue weighted by Gasteiger charge is -2.12. The number of hydrogen-bond acceptors (Lipinski definition) is 3. The van der Waals surface area contributed by atoms with E-state index in [1.165, 1.54) is 24.5 Å². The molecule has 0 aliphatic rings. The van der Waals surface area contributed by atoms with E-state index in [2.05, 4.69) is 4.98 Å². The molecule has 0 saturated carbocycles. The number of aromatic nitrogens is 1. The van der Waals surface area contributed by atoms with Gasteiger partial charge in [0, 0.05) is 23.5 Å². The topological polar surface area (TPSA) is 50.2 Å². The van der Waals surface area contributed by atoms with Crippen molar-refractivity contribution < 1.29 is 23.1 Å². The van der Waals surface area contributed by atoms with Crippen molar-refractivity contribution in [3.63, 3.8) is 0 Å². The van der Waals surface area contributed by atoms with Gasteiger partial charge in [0.2, 0.25) is 0 Å². The van der Waals surface area contributed by atoms with Gasteiger partial charge in [0.1, 0.15) is 5.75 Å². The van der Waals surface area contributed by atoms with Crippen molar-refractivity contribution in [2.75, 3.05) is 0 Å². The van der Waals surface area contributed by atoms with Crippen LogP contribution in [0.25, 0.3) is 0 Å². The summed E-state index contributed by atoms with van der Waals surface area (Å²) in [6, 6.07) is 5.18. The second-order valence-electron chi connectivity index (χ2n) is 3.80. The summed E-state index contributed by atoms with van der Waals surface area (Å²) < 4.78 is 38.4. The number of halogens is 3. The summed E-state index contributed by atoms with van der Waals surface area (Å²) in [6.07, 6.45) is -2.09. The molecule has 1 aromatic carbocycles. The van der Waals surface area contributed by atoms with E-state index in [1.54, 1.807) is 0 Å². The quantitative estimate of drug-likeness (QED) is 0.851. The van der Waals surface area contributed by atoms with E-state index >= 15 is 0 Å². The predicted molar refractivity (Wildman–Crippen MR) is 60.8 cm³/mol. The van der Waals surface area contributed by atoms with Crippen molar-refractivity contribution in [3.8, 4) is 5.75 Å². The maximum absolute atomic E-state index is 12.8. The zero-order valence-electron chi connectivity index (χ0n) is 9.48. The number of carbonyl (C=O) groups excluding carboxylic acids is 1. The molecule has 3 nitrogen and oxygen atoms in total. The van der Waals surface area contributed by atoms with Gasteiger partial charge in [0.05, 0.1) is 5.56 Å². The van der Waals surface area contributed by atoms with E-state index in [9.17, 15) is 23.1 Å². The molecule has 1 aromatic heterocycles. The van der Waals surface area contributed by atoms with Gasteiger partial charge in [-0.1, -0.05) is 0 Å². The molecule has 0 saturated heterocycles. The summed E-state index contributed by atoms with van der Waals surface area (Å²) in [5, 5.41) is 9.26. The van der Waals surface area contributed by atoms with E-state index in [1.807, 2.05) is 0 Å². The van der Waals surface area contributed by atoms with Gasteiger partial charge in [0.25, 0.3) is 0 Å². The van der Waals surface area contributed by atoms with E-state index in [0.29, 0.717) is 6.07 Å². The summed E-state index contributed by atoms with van der Waals surface area (Å²) in [4.78, 5) is 15.7. The Morgan fingerprint density at radius 2 is 1.95 bits per heavy atom. The van der Waals surface area contributed by atoms with Gasteiger partial charge in [0.15, 0.2) is 5.78 Å². The number of alkyl halides is 3. The van der Waals surface area contributed by atoms with Crippen LogP contribution in [0, 0.1) is 0 Å². The summed E-state index contributed by atoms with van der Waals surface area (Å²) in [6.45, 7) is 0. The second kappa shape index (κ2) is 4.72. The van der Waals surface area contributed by atoms with Crippen molar-refractivity contribution >= 4 is 5.78 Å². The molecule has 2 rings (SSSR count). The van der Waals surface area contributed by atoms with Crippen molar-refractivity contribution in [3.05, 3.63) is 59.4 Å². The zero-order chi connectivity index (χ0) is 14.0. The molecule has 0 amide bonds. The minimum absolute atomic E-state index is 0.0265. The molecular weight excluding hydrogens is 259 g/mol. The highest BCUT2D eigenvalue weighted by atomic mass is 19.4. The van der Waals surface area contributed by atoms with Crippen molar-refractivity contribution in [1.82, 2.24) is 4.98 Å². The fourth-order valence-electron chi connectivity index (χ4n) is 1.62. The average molecular weight is 267 g/mol. The SMILES string of the molecule is O=C(c1cccnc1)c1cc(O)ccc1C(F)(F)F. The number of aromatic hydroxyl groups is 1. The summed E-state index contributed by atoms with van der Waals surface area (Å²) in [5.74, 6) is -1.24. The Morgan fingerprint density at radius 3 is 2.53 bits per heavy atom. The molecule has 98 valence electrons. The van der Waals surface area contributed by atoms with Crippen LogP contribution in [0.5, 0.6) is 5.75 Å². The third-order valence-electron chi connectivity index (χ3n) is 2.48. The molecule has 1 heterocycles. The van der Waals surface area contributed by atoms with Gasteiger partial charge in [-0.25, -0.2) is 0 Å². The first-order valence-electron chi connectivity index (χ1n) is 5.24. The lowest BCUT2D eigenvalue weighted by molar-refractivity contribution is -0.137. The predicted octanol–water partition coefficient (Wildman–Crippen LogP) is 3.04. The molecule has 0 aliphatic heterocycles. The Balaban J connectivity index is 2.56. The standard InChI is InChI=1S/C13H8F3NO2/c14-13(15,16)11-4-3-9(18)6-10(11)12(19)8-2-1-5-17-7-8/h1-7,18H. The molecular formula is C13H8F3NO2. The van der Waals surface area contributed by atoms with Crippen LogP contribution in [0.2, 0.25) is 0 Å². The Labute approximate surface area is 106 Å². The monoisotopic (exact) mass is 267 g/mol.